The molecule has 0 radical (unpaired) electrons. The lowest BCUT2D eigenvalue weighted by Crippen LogP contribution is -2.36. The molecule has 0 unspecified atom stereocenters. The zero-order chi connectivity index (χ0) is 41.5. The van der Waals surface area contributed by atoms with Crippen molar-refractivity contribution in [1.29, 1.82) is 0 Å². The van der Waals surface area contributed by atoms with Crippen molar-refractivity contribution in [3.05, 3.63) is 253 Å². The molecule has 13 rings (SSSR count). The van der Waals surface area contributed by atoms with E-state index >= 15 is 0 Å². The Bertz CT molecular complexity index is 3470. The predicted molar refractivity (Wildman–Crippen MR) is 258 cm³/mol. The Kier molecular flexibility index (Phi) is 7.79. The fourth-order valence-electron chi connectivity index (χ4n) is 10.6. The Morgan fingerprint density at radius 2 is 0.841 bits per heavy atom. The van der Waals surface area contributed by atoms with Crippen LogP contribution in [0.1, 0.15) is 22.3 Å². The van der Waals surface area contributed by atoms with Crippen molar-refractivity contribution in [3.8, 4) is 50.5 Å². The van der Waals surface area contributed by atoms with E-state index in [1.807, 2.05) is 12.1 Å². The molecule has 4 heteroatoms. The lowest BCUT2D eigenvalue weighted by Gasteiger charge is -2.44. The lowest BCUT2D eigenvalue weighted by molar-refractivity contribution is 0.750. The summed E-state index contributed by atoms with van der Waals surface area (Å²) in [6.45, 7) is 0. The van der Waals surface area contributed by atoms with Gasteiger partial charge in [-0.3, -0.25) is 4.90 Å². The van der Waals surface area contributed by atoms with Crippen LogP contribution in [0.5, 0.6) is 0 Å². The largest absolute Gasteiger partial charge is 0.309 e. The fourth-order valence-corrected chi connectivity index (χ4v) is 10.6. The van der Waals surface area contributed by atoms with Crippen molar-refractivity contribution in [3.63, 3.8) is 0 Å². The van der Waals surface area contributed by atoms with E-state index in [9.17, 15) is 0 Å². The zero-order valence-corrected chi connectivity index (χ0v) is 34.2. The van der Waals surface area contributed by atoms with E-state index in [-0.39, 0.29) is 0 Å². The predicted octanol–water partition coefficient (Wildman–Crippen LogP) is 14.7. The maximum absolute atomic E-state index is 5.39. The first-order valence-electron chi connectivity index (χ1n) is 21.6. The summed E-state index contributed by atoms with van der Waals surface area (Å²) in [4.78, 5) is 13.1. The molecule has 0 N–H and O–H groups in total. The van der Waals surface area contributed by atoms with E-state index in [2.05, 4.69) is 228 Å². The molecule has 4 nitrogen and oxygen atoms in total. The van der Waals surface area contributed by atoms with Gasteiger partial charge in [0.15, 0.2) is 0 Å². The summed E-state index contributed by atoms with van der Waals surface area (Å²) < 4.78 is 2.38. The Morgan fingerprint density at radius 1 is 0.333 bits per heavy atom. The van der Waals surface area contributed by atoms with Crippen LogP contribution in [0.4, 0.5) is 17.3 Å². The van der Waals surface area contributed by atoms with Crippen LogP contribution >= 0.6 is 0 Å². The van der Waals surface area contributed by atoms with Gasteiger partial charge in [-0.25, -0.2) is 9.97 Å². The van der Waals surface area contributed by atoms with Gasteiger partial charge in [0, 0.05) is 27.6 Å². The first kappa shape index (κ1) is 35.4. The summed E-state index contributed by atoms with van der Waals surface area (Å²) in [7, 11) is 0. The van der Waals surface area contributed by atoms with Gasteiger partial charge in [0.05, 0.1) is 39.2 Å². The van der Waals surface area contributed by atoms with Crippen molar-refractivity contribution < 1.29 is 0 Å². The highest BCUT2D eigenvalue weighted by Crippen LogP contribution is 2.63. The fraction of sp³-hybridized carbons (Fsp3) is 0.0169. The van der Waals surface area contributed by atoms with E-state index in [4.69, 9.17) is 9.97 Å². The van der Waals surface area contributed by atoms with Crippen LogP contribution in [0.25, 0.3) is 72.3 Å². The molecule has 2 aliphatic rings. The minimum absolute atomic E-state index is 0.613. The minimum atomic E-state index is -0.613. The quantitative estimate of drug-likeness (QED) is 0.174. The molecule has 3 heterocycles. The van der Waals surface area contributed by atoms with Crippen LogP contribution in [0.15, 0.2) is 231 Å². The van der Waals surface area contributed by atoms with Gasteiger partial charge >= 0.3 is 0 Å². The molecule has 294 valence electrons. The van der Waals surface area contributed by atoms with Gasteiger partial charge < -0.3 is 4.57 Å². The van der Waals surface area contributed by atoms with E-state index in [0.29, 0.717) is 5.95 Å². The molecule has 0 fully saturated rings. The van der Waals surface area contributed by atoms with Gasteiger partial charge in [-0.15, -0.1) is 0 Å². The standard InChI is InChI=1S/C59H38N4/c1-4-18-39(19-5-1)52-38-53(40-20-6-2-7-21-40)61-58(60-52)63-56-30-16-13-27-49(56)59(50-28-14-17-31-57(50)63)48-26-12-10-24-44(48)45-34-32-42(37-51(45)59)41-33-35-55-47(36-41)46-25-11-15-29-54(46)62(55)43-22-8-3-9-23-43/h1-38H. The van der Waals surface area contributed by atoms with Gasteiger partial charge in [0.1, 0.15) is 0 Å². The number of para-hydroxylation sites is 4. The summed E-state index contributed by atoms with van der Waals surface area (Å²) >= 11 is 0. The summed E-state index contributed by atoms with van der Waals surface area (Å²) in [5, 5.41) is 2.48. The summed E-state index contributed by atoms with van der Waals surface area (Å²) in [6, 6.07) is 83.3. The number of fused-ring (bicyclic) bond motifs is 12. The van der Waals surface area contributed by atoms with Crippen LogP contribution in [-0.4, -0.2) is 14.5 Å². The number of rotatable bonds is 5. The Hall–Kier alpha value is -8.34. The highest BCUT2D eigenvalue weighted by atomic mass is 15.3. The Morgan fingerprint density at radius 3 is 1.52 bits per heavy atom. The third-order valence-electron chi connectivity index (χ3n) is 13.2. The molecule has 1 aliphatic carbocycles. The molecule has 1 spiro atoms. The van der Waals surface area contributed by atoms with Crippen LogP contribution in [0.2, 0.25) is 0 Å². The molecule has 1 aliphatic heterocycles. The van der Waals surface area contributed by atoms with Crippen molar-refractivity contribution >= 4 is 39.1 Å². The molecule has 11 aromatic rings. The average Bonchev–Trinajstić information content (AvgIpc) is 3.85. The Labute approximate surface area is 365 Å². The van der Waals surface area contributed by atoms with Gasteiger partial charge in [-0.05, 0) is 99.1 Å². The topological polar surface area (TPSA) is 34.0 Å². The number of anilines is 3. The summed E-state index contributed by atoms with van der Waals surface area (Å²) in [6.07, 6.45) is 0. The Balaban J connectivity index is 1.04. The van der Waals surface area contributed by atoms with Crippen molar-refractivity contribution in [2.45, 2.75) is 5.41 Å². The van der Waals surface area contributed by atoms with Crippen LogP contribution in [0, 0.1) is 0 Å². The highest BCUT2D eigenvalue weighted by Gasteiger charge is 2.52. The van der Waals surface area contributed by atoms with Crippen molar-refractivity contribution in [2.24, 2.45) is 0 Å². The number of hydrogen-bond donors (Lipinski definition) is 0. The number of nitrogens with zero attached hydrogens (tertiary/aromatic N) is 4. The summed E-state index contributed by atoms with van der Waals surface area (Å²) in [5.74, 6) is 0.633. The van der Waals surface area contributed by atoms with Crippen molar-refractivity contribution in [2.75, 3.05) is 4.90 Å². The first-order valence-corrected chi connectivity index (χ1v) is 21.6. The van der Waals surface area contributed by atoms with E-state index < -0.39 is 5.41 Å². The van der Waals surface area contributed by atoms with E-state index in [1.165, 1.54) is 66.3 Å². The number of aromatic nitrogens is 3. The van der Waals surface area contributed by atoms with Gasteiger partial charge in [0.25, 0.3) is 0 Å². The normalized spacial score (nSPS) is 13.2. The van der Waals surface area contributed by atoms with Crippen molar-refractivity contribution in [1.82, 2.24) is 14.5 Å². The maximum Gasteiger partial charge on any atom is 0.235 e. The molecular formula is C59H38N4. The second kappa shape index (κ2) is 13.8. The summed E-state index contributed by atoms with van der Waals surface area (Å²) in [5.41, 5.74) is 18.7. The molecule has 0 bridgehead atoms. The number of benzene rings is 9. The third kappa shape index (κ3) is 5.22. The van der Waals surface area contributed by atoms with E-state index in [1.54, 1.807) is 0 Å². The van der Waals surface area contributed by atoms with Gasteiger partial charge in [0.2, 0.25) is 5.95 Å². The molecule has 0 amide bonds. The average molecular weight is 803 g/mol. The molecular weight excluding hydrogens is 765 g/mol. The van der Waals surface area contributed by atoms with Gasteiger partial charge in [-0.2, -0.15) is 0 Å². The molecule has 0 saturated carbocycles. The maximum atomic E-state index is 5.39. The van der Waals surface area contributed by atoms with Crippen LogP contribution in [-0.2, 0) is 5.41 Å². The minimum Gasteiger partial charge on any atom is -0.309 e. The first-order chi connectivity index (χ1) is 31.3. The lowest BCUT2D eigenvalue weighted by atomic mass is 9.64. The molecule has 2 aromatic heterocycles. The molecule has 0 atom stereocenters. The molecule has 63 heavy (non-hydrogen) atoms. The monoisotopic (exact) mass is 802 g/mol. The van der Waals surface area contributed by atoms with E-state index in [0.717, 1.165) is 39.6 Å². The molecule has 0 saturated heterocycles. The van der Waals surface area contributed by atoms with Gasteiger partial charge in [-0.1, -0.05) is 176 Å². The molecule has 9 aromatic carbocycles. The SMILES string of the molecule is c1ccc(-c2cc(-c3ccccc3)nc(N3c4ccccc4C4(c5ccccc5-c5ccc(-c6ccc7c(c6)c6ccccc6n7-c6ccccc6)cc54)c4ccccc43)n2)cc1. The second-order valence-corrected chi connectivity index (χ2v) is 16.5. The van der Waals surface area contributed by atoms with Crippen LogP contribution < -0.4 is 4.90 Å². The third-order valence-corrected chi connectivity index (χ3v) is 13.2. The zero-order valence-electron chi connectivity index (χ0n) is 34.2. The smallest absolute Gasteiger partial charge is 0.235 e. The second-order valence-electron chi connectivity index (χ2n) is 16.5. The van der Waals surface area contributed by atoms with Crippen LogP contribution in [0.3, 0.4) is 0 Å². The number of hydrogen-bond acceptors (Lipinski definition) is 3. The highest BCUT2D eigenvalue weighted by molar-refractivity contribution is 6.10.